The van der Waals surface area contributed by atoms with Gasteiger partial charge in [-0.2, -0.15) is 0 Å². The quantitative estimate of drug-likeness (QED) is 0.786. The number of benzene rings is 1. The number of hydrogen-bond donors (Lipinski definition) is 2. The first-order chi connectivity index (χ1) is 9.99. The summed E-state index contributed by atoms with van der Waals surface area (Å²) in [7, 11) is 0. The maximum Gasteiger partial charge on any atom is 0.317 e. The van der Waals surface area contributed by atoms with Gasteiger partial charge in [0.15, 0.2) is 0 Å². The summed E-state index contributed by atoms with van der Waals surface area (Å²) in [6.45, 7) is 3.44. The first kappa shape index (κ1) is 16.4. The fourth-order valence-corrected chi connectivity index (χ4v) is 3.05. The number of aliphatic carboxylic acids is 1. The summed E-state index contributed by atoms with van der Waals surface area (Å²) in [6, 6.07) is 5.36. The van der Waals surface area contributed by atoms with E-state index in [1.165, 1.54) is 12.1 Å². The highest BCUT2D eigenvalue weighted by Gasteiger charge is 2.33. The molecule has 0 aromatic heterocycles. The minimum absolute atomic E-state index is 0.101. The maximum atomic E-state index is 13.2. The molecule has 0 bridgehead atoms. The Morgan fingerprint density at radius 1 is 1.52 bits per heavy atom. The lowest BCUT2D eigenvalue weighted by molar-refractivity contribution is -0.139. The summed E-state index contributed by atoms with van der Waals surface area (Å²) in [6.07, 6.45) is 1.88. The molecule has 0 unspecified atom stereocenters. The SMILES string of the molecule is CCN(CC(=O)O)C1CC(NCc2cc(F)ccc2Br)C1. The second-order valence-electron chi connectivity index (χ2n) is 5.40. The third-order valence-corrected chi connectivity index (χ3v) is 4.74. The fourth-order valence-electron chi connectivity index (χ4n) is 2.66. The molecule has 0 spiro atoms. The molecule has 116 valence electrons. The van der Waals surface area contributed by atoms with Gasteiger partial charge in [-0.05, 0) is 43.1 Å². The Labute approximate surface area is 132 Å². The standard InChI is InChI=1S/C15H20BrFN2O2/c1-2-19(9-15(20)21)13-6-12(7-13)18-8-10-5-11(17)3-4-14(10)16/h3-5,12-13,18H,2,6-9H2,1H3,(H,20,21). The van der Waals surface area contributed by atoms with Crippen LogP contribution in [0, 0.1) is 5.82 Å². The Morgan fingerprint density at radius 3 is 2.86 bits per heavy atom. The molecule has 0 radical (unpaired) electrons. The molecule has 0 atom stereocenters. The lowest BCUT2D eigenvalue weighted by atomic mass is 9.85. The molecule has 4 nitrogen and oxygen atoms in total. The van der Waals surface area contributed by atoms with Gasteiger partial charge in [-0.3, -0.25) is 9.69 Å². The molecule has 0 aliphatic heterocycles. The minimum atomic E-state index is -0.781. The topological polar surface area (TPSA) is 52.6 Å². The normalized spacial score (nSPS) is 21.3. The molecule has 0 amide bonds. The van der Waals surface area contributed by atoms with Crippen LogP contribution in [0.2, 0.25) is 0 Å². The van der Waals surface area contributed by atoms with Crippen LogP contribution in [0.4, 0.5) is 4.39 Å². The molecule has 0 saturated heterocycles. The average Bonchev–Trinajstić information content (AvgIpc) is 2.38. The number of nitrogens with zero attached hydrogens (tertiary/aromatic N) is 1. The lowest BCUT2D eigenvalue weighted by Crippen LogP contribution is -2.53. The predicted octanol–water partition coefficient (Wildman–Crippen LogP) is 2.62. The van der Waals surface area contributed by atoms with E-state index in [9.17, 15) is 9.18 Å². The van der Waals surface area contributed by atoms with Gasteiger partial charge in [0.1, 0.15) is 5.82 Å². The maximum absolute atomic E-state index is 13.2. The van der Waals surface area contributed by atoms with Crippen LogP contribution in [-0.2, 0) is 11.3 Å². The summed E-state index contributed by atoms with van der Waals surface area (Å²) in [5.74, 6) is -1.02. The number of hydrogen-bond acceptors (Lipinski definition) is 3. The van der Waals surface area contributed by atoms with Crippen LogP contribution in [0.5, 0.6) is 0 Å². The van der Waals surface area contributed by atoms with Gasteiger partial charge in [-0.25, -0.2) is 4.39 Å². The van der Waals surface area contributed by atoms with Crippen molar-refractivity contribution < 1.29 is 14.3 Å². The van der Waals surface area contributed by atoms with Crippen molar-refractivity contribution in [2.75, 3.05) is 13.1 Å². The minimum Gasteiger partial charge on any atom is -0.480 e. The average molecular weight is 359 g/mol. The number of halogens is 2. The van der Waals surface area contributed by atoms with E-state index in [2.05, 4.69) is 21.2 Å². The summed E-state index contributed by atoms with van der Waals surface area (Å²) in [5, 5.41) is 12.3. The Kier molecular flexibility index (Phi) is 5.72. The number of carboxylic acids is 1. The van der Waals surface area contributed by atoms with E-state index in [-0.39, 0.29) is 12.4 Å². The van der Waals surface area contributed by atoms with Gasteiger partial charge < -0.3 is 10.4 Å². The Balaban J connectivity index is 1.77. The molecule has 2 N–H and O–H groups in total. The third-order valence-electron chi connectivity index (χ3n) is 3.96. The Hall–Kier alpha value is -0.980. The van der Waals surface area contributed by atoms with Crippen LogP contribution in [0.3, 0.4) is 0 Å². The zero-order valence-electron chi connectivity index (χ0n) is 12.0. The Morgan fingerprint density at radius 2 is 2.24 bits per heavy atom. The fraction of sp³-hybridized carbons (Fsp3) is 0.533. The molecular formula is C15H20BrFN2O2. The molecule has 6 heteroatoms. The van der Waals surface area contributed by atoms with Crippen molar-refractivity contribution in [3.63, 3.8) is 0 Å². The van der Waals surface area contributed by atoms with Crippen LogP contribution in [0.15, 0.2) is 22.7 Å². The third kappa shape index (κ3) is 4.49. The number of nitrogens with one attached hydrogen (secondary N) is 1. The van der Waals surface area contributed by atoms with Crippen LogP contribution in [-0.4, -0.2) is 41.1 Å². The molecule has 1 aliphatic carbocycles. The molecule has 1 aliphatic rings. The monoisotopic (exact) mass is 358 g/mol. The summed E-state index contributed by atoms with van der Waals surface area (Å²) >= 11 is 3.41. The van der Waals surface area contributed by atoms with E-state index in [4.69, 9.17) is 5.11 Å². The molecule has 21 heavy (non-hydrogen) atoms. The summed E-state index contributed by atoms with van der Waals surface area (Å²) in [5.41, 5.74) is 0.899. The van der Waals surface area contributed by atoms with Crippen molar-refractivity contribution >= 4 is 21.9 Å². The molecule has 1 saturated carbocycles. The number of likely N-dealkylation sites (N-methyl/N-ethyl adjacent to an activating group) is 1. The first-order valence-corrected chi connectivity index (χ1v) is 7.92. The van der Waals surface area contributed by atoms with Crippen molar-refractivity contribution in [2.24, 2.45) is 0 Å². The van der Waals surface area contributed by atoms with Gasteiger partial charge in [-0.15, -0.1) is 0 Å². The van der Waals surface area contributed by atoms with E-state index < -0.39 is 5.97 Å². The van der Waals surface area contributed by atoms with Crippen molar-refractivity contribution in [3.05, 3.63) is 34.1 Å². The van der Waals surface area contributed by atoms with Gasteiger partial charge in [0.05, 0.1) is 6.54 Å². The molecule has 1 fully saturated rings. The van der Waals surface area contributed by atoms with Crippen LogP contribution in [0.25, 0.3) is 0 Å². The van der Waals surface area contributed by atoms with E-state index in [1.807, 2.05) is 11.8 Å². The molecule has 1 aromatic rings. The van der Waals surface area contributed by atoms with Gasteiger partial charge in [0, 0.05) is 23.1 Å². The van der Waals surface area contributed by atoms with Gasteiger partial charge in [0.2, 0.25) is 0 Å². The summed E-state index contributed by atoms with van der Waals surface area (Å²) in [4.78, 5) is 12.8. The van der Waals surface area contributed by atoms with Gasteiger partial charge in [-0.1, -0.05) is 22.9 Å². The largest absolute Gasteiger partial charge is 0.480 e. The highest BCUT2D eigenvalue weighted by Crippen LogP contribution is 2.26. The smallest absolute Gasteiger partial charge is 0.317 e. The molecular weight excluding hydrogens is 339 g/mol. The summed E-state index contributed by atoms with van der Waals surface area (Å²) < 4.78 is 14.1. The second-order valence-corrected chi connectivity index (χ2v) is 6.25. The predicted molar refractivity (Wildman–Crippen MR) is 82.6 cm³/mol. The van der Waals surface area contributed by atoms with Crippen molar-refractivity contribution in [2.45, 2.75) is 38.4 Å². The van der Waals surface area contributed by atoms with Gasteiger partial charge in [0.25, 0.3) is 0 Å². The van der Waals surface area contributed by atoms with Crippen LogP contribution >= 0.6 is 15.9 Å². The van der Waals surface area contributed by atoms with E-state index in [1.54, 1.807) is 6.07 Å². The lowest BCUT2D eigenvalue weighted by Gasteiger charge is -2.42. The highest BCUT2D eigenvalue weighted by molar-refractivity contribution is 9.10. The van der Waals surface area contributed by atoms with Crippen LogP contribution in [0.1, 0.15) is 25.3 Å². The van der Waals surface area contributed by atoms with Gasteiger partial charge >= 0.3 is 5.97 Å². The first-order valence-electron chi connectivity index (χ1n) is 7.12. The Bertz CT molecular complexity index is 506. The highest BCUT2D eigenvalue weighted by atomic mass is 79.9. The van der Waals surface area contributed by atoms with E-state index in [0.717, 1.165) is 29.4 Å². The van der Waals surface area contributed by atoms with Crippen LogP contribution < -0.4 is 5.32 Å². The number of carboxylic acid groups (broad SMARTS) is 1. The van der Waals surface area contributed by atoms with Crippen molar-refractivity contribution in [3.8, 4) is 0 Å². The number of carbonyl (C=O) groups is 1. The van der Waals surface area contributed by atoms with E-state index >= 15 is 0 Å². The molecule has 0 heterocycles. The van der Waals surface area contributed by atoms with E-state index in [0.29, 0.717) is 18.6 Å². The second kappa shape index (κ2) is 7.33. The number of rotatable bonds is 7. The zero-order chi connectivity index (χ0) is 15.4. The zero-order valence-corrected chi connectivity index (χ0v) is 13.6. The molecule has 1 aromatic carbocycles. The molecule has 2 rings (SSSR count). The van der Waals surface area contributed by atoms with Crippen molar-refractivity contribution in [1.29, 1.82) is 0 Å². The van der Waals surface area contributed by atoms with Crippen molar-refractivity contribution in [1.82, 2.24) is 10.2 Å².